The van der Waals surface area contributed by atoms with E-state index in [0.29, 0.717) is 0 Å². The van der Waals surface area contributed by atoms with Crippen LogP contribution in [0.1, 0.15) is 13.8 Å². The molecule has 0 aromatic carbocycles. The van der Waals surface area contributed by atoms with Crippen molar-refractivity contribution in [2.24, 2.45) is 0 Å². The highest BCUT2D eigenvalue weighted by Gasteiger charge is 2.12. The van der Waals surface area contributed by atoms with E-state index in [1.807, 2.05) is 0 Å². The topological polar surface area (TPSA) is 34.1 Å². The first-order chi connectivity index (χ1) is 3.55. The van der Waals surface area contributed by atoms with Gasteiger partial charge in [0.2, 0.25) is 5.78 Å². The molecule has 0 heterocycles. The van der Waals surface area contributed by atoms with Crippen molar-refractivity contribution in [3.63, 3.8) is 0 Å². The van der Waals surface area contributed by atoms with Crippen molar-refractivity contribution in [2.45, 2.75) is 19.2 Å². The lowest BCUT2D eigenvalue weighted by Gasteiger charge is -1.92. The Morgan fingerprint density at radius 1 is 1.50 bits per heavy atom. The molecule has 2 nitrogen and oxygen atoms in total. The zero-order chi connectivity index (χ0) is 6.73. The summed E-state index contributed by atoms with van der Waals surface area (Å²) in [4.78, 5) is 20.5. The molecule has 0 aliphatic rings. The summed E-state index contributed by atoms with van der Waals surface area (Å²) in [5.41, 5.74) is 0. The lowest BCUT2D eigenvalue weighted by atomic mass is 10.2. The monoisotopic (exact) mass is 134 g/mol. The van der Waals surface area contributed by atoms with E-state index in [-0.39, 0.29) is 0 Å². The van der Waals surface area contributed by atoms with Crippen molar-refractivity contribution in [2.75, 3.05) is 0 Å². The predicted octanol–water partition coefficient (Wildman–Crippen LogP) is 0.772. The normalized spacial score (nSPS) is 12.9. The maximum atomic E-state index is 10.4. The van der Waals surface area contributed by atoms with E-state index in [1.54, 1.807) is 0 Å². The molecule has 3 heteroatoms. The Labute approximate surface area is 52.8 Å². The van der Waals surface area contributed by atoms with Crippen LogP contribution in [-0.4, -0.2) is 16.9 Å². The van der Waals surface area contributed by atoms with Crippen LogP contribution < -0.4 is 0 Å². The maximum absolute atomic E-state index is 10.4. The second-order valence-corrected chi connectivity index (χ2v) is 2.19. The van der Waals surface area contributed by atoms with E-state index >= 15 is 0 Å². The SMILES string of the molecule is CC(=O)C(=O)C(C)Cl. The third-order valence-electron chi connectivity index (χ3n) is 0.708. The molecule has 1 atom stereocenters. The van der Waals surface area contributed by atoms with Crippen molar-refractivity contribution >= 4 is 23.2 Å². The highest BCUT2D eigenvalue weighted by Crippen LogP contribution is 1.94. The molecule has 8 heavy (non-hydrogen) atoms. The summed E-state index contributed by atoms with van der Waals surface area (Å²) in [7, 11) is 0. The molecular weight excluding hydrogens is 128 g/mol. The molecule has 0 radical (unpaired) electrons. The first-order valence-corrected chi connectivity index (χ1v) is 2.68. The van der Waals surface area contributed by atoms with Crippen LogP contribution >= 0.6 is 11.6 Å². The van der Waals surface area contributed by atoms with E-state index in [0.717, 1.165) is 0 Å². The van der Waals surface area contributed by atoms with Gasteiger partial charge < -0.3 is 0 Å². The van der Waals surface area contributed by atoms with E-state index in [2.05, 4.69) is 0 Å². The number of rotatable bonds is 2. The fourth-order valence-corrected chi connectivity index (χ4v) is 0.434. The quantitative estimate of drug-likeness (QED) is 0.413. The third kappa shape index (κ3) is 2.07. The van der Waals surface area contributed by atoms with Gasteiger partial charge in [0.25, 0.3) is 0 Å². The Hall–Kier alpha value is -0.370. The largest absolute Gasteiger partial charge is 0.291 e. The number of carbonyl (C=O) groups excluding carboxylic acids is 2. The highest BCUT2D eigenvalue weighted by atomic mass is 35.5. The van der Waals surface area contributed by atoms with E-state index in [9.17, 15) is 9.59 Å². The Morgan fingerprint density at radius 2 is 1.88 bits per heavy atom. The lowest BCUT2D eigenvalue weighted by molar-refractivity contribution is -0.134. The average molecular weight is 135 g/mol. The van der Waals surface area contributed by atoms with Gasteiger partial charge in [0.1, 0.15) is 0 Å². The molecule has 0 aromatic heterocycles. The summed E-state index contributed by atoms with van der Waals surface area (Å²) in [6.45, 7) is 2.69. The van der Waals surface area contributed by atoms with Gasteiger partial charge >= 0.3 is 0 Å². The Morgan fingerprint density at radius 3 is 1.88 bits per heavy atom. The van der Waals surface area contributed by atoms with Crippen LogP contribution in [0.15, 0.2) is 0 Å². The number of halogens is 1. The summed E-state index contributed by atoms with van der Waals surface area (Å²) in [6.07, 6.45) is 0. The van der Waals surface area contributed by atoms with Crippen molar-refractivity contribution in [1.82, 2.24) is 0 Å². The van der Waals surface area contributed by atoms with Crippen molar-refractivity contribution in [3.8, 4) is 0 Å². The molecule has 0 spiro atoms. The third-order valence-corrected chi connectivity index (χ3v) is 0.906. The van der Waals surface area contributed by atoms with Gasteiger partial charge in [0.15, 0.2) is 5.78 Å². The van der Waals surface area contributed by atoms with Crippen LogP contribution in [0.5, 0.6) is 0 Å². The number of ketones is 2. The minimum atomic E-state index is -0.674. The zero-order valence-electron chi connectivity index (χ0n) is 4.77. The first-order valence-electron chi connectivity index (χ1n) is 2.24. The summed E-state index contributed by atoms with van der Waals surface area (Å²) < 4.78 is 0. The number of alkyl halides is 1. The van der Waals surface area contributed by atoms with Crippen molar-refractivity contribution in [3.05, 3.63) is 0 Å². The molecule has 0 bridgehead atoms. The molecule has 0 saturated heterocycles. The summed E-state index contributed by atoms with van der Waals surface area (Å²) in [5.74, 6) is -1.00. The molecule has 0 fully saturated rings. The molecule has 0 saturated carbocycles. The molecule has 0 N–H and O–H groups in total. The molecule has 1 unspecified atom stereocenters. The maximum Gasteiger partial charge on any atom is 0.215 e. The number of Topliss-reactive ketones (excluding diaryl/α,β-unsaturated/α-hetero) is 2. The van der Waals surface area contributed by atoms with E-state index in [1.165, 1.54) is 13.8 Å². The highest BCUT2D eigenvalue weighted by molar-refractivity contribution is 6.48. The smallest absolute Gasteiger partial charge is 0.215 e. The van der Waals surface area contributed by atoms with Gasteiger partial charge in [-0.05, 0) is 6.92 Å². The minimum Gasteiger partial charge on any atom is -0.291 e. The van der Waals surface area contributed by atoms with Crippen LogP contribution in [0.2, 0.25) is 0 Å². The van der Waals surface area contributed by atoms with Gasteiger partial charge in [-0.2, -0.15) is 0 Å². The fourth-order valence-electron chi connectivity index (χ4n) is 0.280. The summed E-state index contributed by atoms with van der Waals surface area (Å²) >= 11 is 5.25. The average Bonchev–Trinajstić information content (AvgIpc) is 1.64. The van der Waals surface area contributed by atoms with Gasteiger partial charge in [0.05, 0.1) is 5.38 Å². The number of hydrogen-bond donors (Lipinski definition) is 0. The van der Waals surface area contributed by atoms with Crippen LogP contribution in [0.25, 0.3) is 0 Å². The molecule has 0 aromatic rings. The molecule has 0 aliphatic carbocycles. The molecule has 0 rings (SSSR count). The summed E-state index contributed by atoms with van der Waals surface area (Å²) in [6, 6.07) is 0. The van der Waals surface area contributed by atoms with Crippen LogP contribution in [0.4, 0.5) is 0 Å². The van der Waals surface area contributed by atoms with Crippen molar-refractivity contribution in [1.29, 1.82) is 0 Å². The van der Waals surface area contributed by atoms with Gasteiger partial charge in [-0.1, -0.05) is 0 Å². The van der Waals surface area contributed by atoms with Crippen LogP contribution in [0, 0.1) is 0 Å². The number of carbonyl (C=O) groups is 2. The molecule has 0 aliphatic heterocycles. The van der Waals surface area contributed by atoms with E-state index in [4.69, 9.17) is 11.6 Å². The van der Waals surface area contributed by atoms with E-state index < -0.39 is 16.9 Å². The van der Waals surface area contributed by atoms with Gasteiger partial charge in [-0.3, -0.25) is 9.59 Å². The summed E-state index contributed by atoms with van der Waals surface area (Å²) in [5, 5.41) is -0.674. The Balaban J connectivity index is 3.84. The lowest BCUT2D eigenvalue weighted by Crippen LogP contribution is -2.18. The van der Waals surface area contributed by atoms with Gasteiger partial charge in [0, 0.05) is 6.92 Å². The Bertz CT molecular complexity index is 118. The fraction of sp³-hybridized carbons (Fsp3) is 0.600. The number of hydrogen-bond acceptors (Lipinski definition) is 2. The van der Waals surface area contributed by atoms with Crippen LogP contribution in [0.3, 0.4) is 0 Å². The predicted molar refractivity (Wildman–Crippen MR) is 31.0 cm³/mol. The van der Waals surface area contributed by atoms with Crippen LogP contribution in [-0.2, 0) is 9.59 Å². The molecular formula is C5H7ClO2. The van der Waals surface area contributed by atoms with Gasteiger partial charge in [-0.25, -0.2) is 0 Å². The molecule has 46 valence electrons. The second kappa shape index (κ2) is 2.82. The zero-order valence-corrected chi connectivity index (χ0v) is 5.53. The Kier molecular flexibility index (Phi) is 2.69. The van der Waals surface area contributed by atoms with Gasteiger partial charge in [-0.15, -0.1) is 11.6 Å². The molecule has 0 amide bonds. The minimum absolute atomic E-state index is 0.479. The van der Waals surface area contributed by atoms with Crippen molar-refractivity contribution < 1.29 is 9.59 Å². The first kappa shape index (κ1) is 7.63. The second-order valence-electron chi connectivity index (χ2n) is 1.54. The standard InChI is InChI=1S/C5H7ClO2/c1-3(6)5(8)4(2)7/h3H,1-2H3.